The van der Waals surface area contributed by atoms with Crippen molar-refractivity contribution >= 4 is 10.8 Å². The molecule has 0 bridgehead atoms. The van der Waals surface area contributed by atoms with E-state index in [0.717, 1.165) is 84.8 Å². The number of methoxy groups -OCH3 is 1. The van der Waals surface area contributed by atoms with E-state index in [1.165, 1.54) is 0 Å². The molecule has 3 aromatic carbocycles. The molecule has 1 N–H and O–H groups in total. The van der Waals surface area contributed by atoms with E-state index in [0.29, 0.717) is 11.4 Å². The Bertz CT molecular complexity index is 1440. The van der Waals surface area contributed by atoms with Gasteiger partial charge < -0.3 is 18.8 Å². The molecular weight excluding hydrogens is 452 g/mol. The summed E-state index contributed by atoms with van der Waals surface area (Å²) in [6.07, 6.45) is 2.70. The van der Waals surface area contributed by atoms with E-state index < -0.39 is 0 Å². The number of fused-ring (bicyclic) bond motifs is 4. The summed E-state index contributed by atoms with van der Waals surface area (Å²) in [5.74, 6) is 1.97. The first-order valence-corrected chi connectivity index (χ1v) is 12.5. The summed E-state index contributed by atoms with van der Waals surface area (Å²) in [6, 6.07) is 20.6. The number of hydrogen-bond acceptors (Lipinski definition) is 6. The molecule has 3 heterocycles. The maximum atomic E-state index is 9.19. The zero-order valence-corrected chi connectivity index (χ0v) is 20.4. The van der Waals surface area contributed by atoms with Crippen LogP contribution < -0.4 is 15.0 Å². The monoisotopic (exact) mass is 482 g/mol. The summed E-state index contributed by atoms with van der Waals surface area (Å²) < 4.78 is 19.2. The lowest BCUT2D eigenvalue weighted by molar-refractivity contribution is 0.0369. The van der Waals surface area contributed by atoms with Crippen LogP contribution in [0.3, 0.4) is 0 Å². The minimum absolute atomic E-state index is 0.161. The first-order valence-electron chi connectivity index (χ1n) is 12.5. The fraction of sp³-hybridized carbons (Fsp3) is 0.310. The third kappa shape index (κ3) is 4.14. The van der Waals surface area contributed by atoms with E-state index in [4.69, 9.17) is 19.2 Å². The van der Waals surface area contributed by atoms with E-state index in [-0.39, 0.29) is 5.92 Å². The molecule has 1 aromatic heterocycles. The highest BCUT2D eigenvalue weighted by atomic mass is 16.5. The fourth-order valence-corrected chi connectivity index (χ4v) is 5.30. The quantitative estimate of drug-likeness (QED) is 0.385. The SMILES string of the molecule is COc1ccc([C@H]2c3ccc4ccccc4c3Oc3ncn(CCCN4CCOCC4)c(=N)c32)cc1. The normalized spacial score (nSPS) is 17.3. The number of aromatic nitrogens is 2. The van der Waals surface area contributed by atoms with Crippen molar-refractivity contribution in [3.8, 4) is 17.4 Å². The minimum atomic E-state index is -0.161. The summed E-state index contributed by atoms with van der Waals surface area (Å²) in [4.78, 5) is 7.14. The van der Waals surface area contributed by atoms with Crippen LogP contribution in [-0.2, 0) is 11.3 Å². The van der Waals surface area contributed by atoms with Gasteiger partial charge in [0.25, 0.3) is 0 Å². The molecular formula is C29H30N4O3. The number of morpholine rings is 1. The third-order valence-corrected chi connectivity index (χ3v) is 7.22. The molecule has 2 aliphatic rings. The maximum absolute atomic E-state index is 9.19. The van der Waals surface area contributed by atoms with Gasteiger partial charge in [0.2, 0.25) is 5.88 Å². The highest BCUT2D eigenvalue weighted by Gasteiger charge is 2.33. The predicted molar refractivity (Wildman–Crippen MR) is 138 cm³/mol. The van der Waals surface area contributed by atoms with Crippen molar-refractivity contribution in [3.05, 3.63) is 89.2 Å². The smallest absolute Gasteiger partial charge is 0.228 e. The zero-order chi connectivity index (χ0) is 24.5. The molecule has 1 fully saturated rings. The Morgan fingerprint density at radius 1 is 1.00 bits per heavy atom. The second-order valence-corrected chi connectivity index (χ2v) is 9.33. The van der Waals surface area contributed by atoms with Crippen molar-refractivity contribution in [3.63, 3.8) is 0 Å². The summed E-state index contributed by atoms with van der Waals surface area (Å²) >= 11 is 0. The highest BCUT2D eigenvalue weighted by Crippen LogP contribution is 2.47. The summed E-state index contributed by atoms with van der Waals surface area (Å²) in [5.41, 5.74) is 3.38. The largest absolute Gasteiger partial charge is 0.497 e. The standard InChI is InChI=1S/C29H30N4O3/c1-34-22-10-7-21(8-11-22)25-24-12-9-20-5-2-3-6-23(20)27(24)36-29-26(25)28(30)33(19-31-29)14-4-13-32-15-17-35-18-16-32/h2-3,5-12,19,25,30H,4,13-18H2,1H3/t25-/m0/s1. The lowest BCUT2D eigenvalue weighted by Crippen LogP contribution is -2.37. The van der Waals surface area contributed by atoms with Gasteiger partial charge in [-0.1, -0.05) is 48.5 Å². The first-order chi connectivity index (χ1) is 17.7. The van der Waals surface area contributed by atoms with E-state index in [1.54, 1.807) is 13.4 Å². The summed E-state index contributed by atoms with van der Waals surface area (Å²) in [6.45, 7) is 5.26. The Labute approximate surface area is 210 Å². The van der Waals surface area contributed by atoms with Crippen LogP contribution in [0.1, 0.15) is 29.0 Å². The van der Waals surface area contributed by atoms with Crippen LogP contribution in [-0.4, -0.2) is 54.4 Å². The van der Waals surface area contributed by atoms with Crippen molar-refractivity contribution < 1.29 is 14.2 Å². The number of ether oxygens (including phenoxy) is 3. The number of nitrogens with one attached hydrogen (secondary N) is 1. The second-order valence-electron chi connectivity index (χ2n) is 9.33. The molecule has 7 heteroatoms. The summed E-state index contributed by atoms with van der Waals surface area (Å²) in [5, 5.41) is 11.4. The number of aryl methyl sites for hydroxylation is 1. The highest BCUT2D eigenvalue weighted by molar-refractivity contribution is 5.91. The number of rotatable bonds is 6. The lowest BCUT2D eigenvalue weighted by Gasteiger charge is -2.30. The van der Waals surface area contributed by atoms with Crippen LogP contribution in [0.5, 0.6) is 17.4 Å². The van der Waals surface area contributed by atoms with Crippen LogP contribution in [0, 0.1) is 5.41 Å². The lowest BCUT2D eigenvalue weighted by atomic mass is 9.83. The van der Waals surface area contributed by atoms with Gasteiger partial charge in [-0.25, -0.2) is 4.98 Å². The molecule has 1 atom stereocenters. The van der Waals surface area contributed by atoms with Crippen molar-refractivity contribution in [1.29, 1.82) is 5.41 Å². The molecule has 184 valence electrons. The van der Waals surface area contributed by atoms with Gasteiger partial charge in [-0.3, -0.25) is 10.3 Å². The molecule has 0 saturated carbocycles. The van der Waals surface area contributed by atoms with Crippen molar-refractivity contribution in [2.45, 2.75) is 18.9 Å². The van der Waals surface area contributed by atoms with E-state index >= 15 is 0 Å². The van der Waals surface area contributed by atoms with E-state index in [1.807, 2.05) is 28.8 Å². The van der Waals surface area contributed by atoms with Gasteiger partial charge in [-0.05, 0) is 29.5 Å². The molecule has 7 nitrogen and oxygen atoms in total. The van der Waals surface area contributed by atoms with Crippen LogP contribution in [0.15, 0.2) is 67.0 Å². The molecule has 0 spiro atoms. The fourth-order valence-electron chi connectivity index (χ4n) is 5.30. The maximum Gasteiger partial charge on any atom is 0.228 e. The first kappa shape index (κ1) is 22.8. The molecule has 4 aromatic rings. The second kappa shape index (κ2) is 9.76. The Balaban J connectivity index is 1.41. The zero-order valence-electron chi connectivity index (χ0n) is 20.4. The Hall–Kier alpha value is -3.68. The Morgan fingerprint density at radius 2 is 1.81 bits per heavy atom. The molecule has 36 heavy (non-hydrogen) atoms. The Morgan fingerprint density at radius 3 is 2.61 bits per heavy atom. The number of nitrogens with zero attached hydrogens (tertiary/aromatic N) is 3. The van der Waals surface area contributed by atoms with Gasteiger partial charge in [0.1, 0.15) is 23.3 Å². The van der Waals surface area contributed by atoms with Crippen molar-refractivity contribution in [1.82, 2.24) is 14.5 Å². The van der Waals surface area contributed by atoms with Gasteiger partial charge in [0, 0.05) is 43.0 Å². The predicted octanol–water partition coefficient (Wildman–Crippen LogP) is 4.53. The van der Waals surface area contributed by atoms with Gasteiger partial charge in [-0.2, -0.15) is 0 Å². The molecule has 1 saturated heterocycles. The van der Waals surface area contributed by atoms with Crippen LogP contribution in [0.25, 0.3) is 10.8 Å². The molecule has 2 aliphatic heterocycles. The van der Waals surface area contributed by atoms with Gasteiger partial charge in [0.05, 0.1) is 25.9 Å². The topological polar surface area (TPSA) is 72.6 Å². The minimum Gasteiger partial charge on any atom is -0.497 e. The van der Waals surface area contributed by atoms with E-state index in [9.17, 15) is 5.41 Å². The average molecular weight is 483 g/mol. The van der Waals surface area contributed by atoms with Crippen LogP contribution in [0.4, 0.5) is 0 Å². The van der Waals surface area contributed by atoms with Gasteiger partial charge >= 0.3 is 0 Å². The van der Waals surface area contributed by atoms with E-state index in [2.05, 4.69) is 41.3 Å². The van der Waals surface area contributed by atoms with Crippen molar-refractivity contribution in [2.75, 3.05) is 40.0 Å². The van der Waals surface area contributed by atoms with Crippen molar-refractivity contribution in [2.24, 2.45) is 0 Å². The van der Waals surface area contributed by atoms with Crippen LogP contribution >= 0.6 is 0 Å². The number of benzene rings is 3. The van der Waals surface area contributed by atoms with Gasteiger partial charge in [-0.15, -0.1) is 0 Å². The molecule has 0 aliphatic carbocycles. The third-order valence-electron chi connectivity index (χ3n) is 7.22. The average Bonchev–Trinajstić information content (AvgIpc) is 2.94. The van der Waals surface area contributed by atoms with Crippen LogP contribution in [0.2, 0.25) is 0 Å². The summed E-state index contributed by atoms with van der Waals surface area (Å²) in [7, 11) is 1.67. The molecule has 0 unspecified atom stereocenters. The molecule has 6 rings (SSSR count). The number of hydrogen-bond donors (Lipinski definition) is 1. The van der Waals surface area contributed by atoms with Gasteiger partial charge in [0.15, 0.2) is 0 Å². The Kier molecular flexibility index (Phi) is 6.17. The molecule has 0 amide bonds. The molecule has 0 radical (unpaired) electrons.